The summed E-state index contributed by atoms with van der Waals surface area (Å²) in [5.74, 6) is 0.521. The summed E-state index contributed by atoms with van der Waals surface area (Å²) in [6.07, 6.45) is 0. The van der Waals surface area contributed by atoms with Crippen LogP contribution in [0.4, 0.5) is 4.79 Å². The maximum Gasteiger partial charge on any atom is 0.317 e. The Kier molecular flexibility index (Phi) is 4.95. The Morgan fingerprint density at radius 3 is 2.68 bits per heavy atom. The Morgan fingerprint density at radius 1 is 1.27 bits per heavy atom. The van der Waals surface area contributed by atoms with Crippen LogP contribution in [0.25, 0.3) is 0 Å². The van der Waals surface area contributed by atoms with Gasteiger partial charge in [0.25, 0.3) is 0 Å². The summed E-state index contributed by atoms with van der Waals surface area (Å²) in [7, 11) is 0. The monoisotopic (exact) mass is 303 g/mol. The Balaban J connectivity index is 1.47. The van der Waals surface area contributed by atoms with Crippen LogP contribution in [-0.2, 0) is 4.74 Å². The number of urea groups is 1. The number of ether oxygens (including phenoxy) is 1. The van der Waals surface area contributed by atoms with Crippen molar-refractivity contribution in [3.05, 3.63) is 35.9 Å². The minimum absolute atomic E-state index is 0.0558. The van der Waals surface area contributed by atoms with Crippen molar-refractivity contribution in [2.24, 2.45) is 5.92 Å². The van der Waals surface area contributed by atoms with Gasteiger partial charge in [0.2, 0.25) is 0 Å². The van der Waals surface area contributed by atoms with E-state index in [0.717, 1.165) is 39.4 Å². The molecule has 2 saturated heterocycles. The molecule has 0 aromatic heterocycles. The molecule has 0 bridgehead atoms. The molecule has 2 amide bonds. The number of nitrogens with zero attached hydrogens (tertiary/aromatic N) is 2. The highest BCUT2D eigenvalue weighted by molar-refractivity contribution is 5.75. The van der Waals surface area contributed by atoms with Gasteiger partial charge in [-0.3, -0.25) is 4.90 Å². The number of hydrogen-bond acceptors (Lipinski definition) is 3. The third kappa shape index (κ3) is 3.42. The molecule has 1 N–H and O–H groups in total. The van der Waals surface area contributed by atoms with E-state index in [2.05, 4.69) is 29.3 Å². The van der Waals surface area contributed by atoms with Crippen molar-refractivity contribution < 1.29 is 9.53 Å². The van der Waals surface area contributed by atoms with Crippen LogP contribution in [0.3, 0.4) is 0 Å². The maximum absolute atomic E-state index is 12.4. The van der Waals surface area contributed by atoms with Crippen molar-refractivity contribution in [1.29, 1.82) is 0 Å². The van der Waals surface area contributed by atoms with E-state index >= 15 is 0 Å². The second-order valence-electron chi connectivity index (χ2n) is 6.17. The first kappa shape index (κ1) is 15.3. The molecule has 0 aliphatic carbocycles. The van der Waals surface area contributed by atoms with Crippen molar-refractivity contribution >= 4 is 6.03 Å². The van der Waals surface area contributed by atoms with E-state index in [1.807, 2.05) is 23.1 Å². The second kappa shape index (κ2) is 7.11. The number of carbonyl (C=O) groups excluding carboxylic acids is 1. The smallest absolute Gasteiger partial charge is 0.317 e. The molecule has 2 aliphatic rings. The molecule has 120 valence electrons. The van der Waals surface area contributed by atoms with E-state index in [0.29, 0.717) is 12.5 Å². The molecule has 22 heavy (non-hydrogen) atoms. The Hall–Kier alpha value is -1.59. The van der Waals surface area contributed by atoms with E-state index in [9.17, 15) is 4.79 Å². The van der Waals surface area contributed by atoms with Gasteiger partial charge in [-0.15, -0.1) is 0 Å². The predicted octanol–water partition coefficient (Wildman–Crippen LogP) is 1.72. The van der Waals surface area contributed by atoms with Crippen molar-refractivity contribution in [3.8, 4) is 0 Å². The van der Waals surface area contributed by atoms with E-state index in [4.69, 9.17) is 4.74 Å². The minimum atomic E-state index is 0.0558. The molecular weight excluding hydrogens is 278 g/mol. The third-order valence-electron chi connectivity index (χ3n) is 4.57. The first-order chi connectivity index (χ1) is 10.8. The van der Waals surface area contributed by atoms with E-state index < -0.39 is 0 Å². The van der Waals surface area contributed by atoms with Gasteiger partial charge in [0.15, 0.2) is 0 Å². The molecule has 5 nitrogen and oxygen atoms in total. The Bertz CT molecular complexity index is 488. The van der Waals surface area contributed by atoms with Gasteiger partial charge in [0.1, 0.15) is 0 Å². The second-order valence-corrected chi connectivity index (χ2v) is 6.17. The highest BCUT2D eigenvalue weighted by Gasteiger charge is 2.39. The van der Waals surface area contributed by atoms with Crippen LogP contribution in [0.1, 0.15) is 18.5 Å². The molecule has 1 aromatic carbocycles. The lowest BCUT2D eigenvalue weighted by Crippen LogP contribution is -2.55. The van der Waals surface area contributed by atoms with Crippen LogP contribution in [-0.4, -0.2) is 61.8 Å². The highest BCUT2D eigenvalue weighted by Crippen LogP contribution is 2.38. The average Bonchev–Trinajstić information content (AvgIpc) is 2.54. The maximum atomic E-state index is 12.4. The summed E-state index contributed by atoms with van der Waals surface area (Å²) < 4.78 is 5.33. The Labute approximate surface area is 132 Å². The van der Waals surface area contributed by atoms with Crippen molar-refractivity contribution in [2.75, 3.05) is 45.9 Å². The number of rotatable bonds is 4. The fraction of sp³-hybridized carbons (Fsp3) is 0.588. The molecule has 0 unspecified atom stereocenters. The average molecular weight is 303 g/mol. The quantitative estimate of drug-likeness (QED) is 0.921. The molecule has 5 heteroatoms. The summed E-state index contributed by atoms with van der Waals surface area (Å²) >= 11 is 0. The van der Waals surface area contributed by atoms with Crippen LogP contribution in [0.2, 0.25) is 0 Å². The lowest BCUT2D eigenvalue weighted by molar-refractivity contribution is 0.0369. The first-order valence-electron chi connectivity index (χ1n) is 8.15. The first-order valence-corrected chi connectivity index (χ1v) is 8.15. The fourth-order valence-electron chi connectivity index (χ4n) is 3.31. The number of morpholine rings is 1. The van der Waals surface area contributed by atoms with Gasteiger partial charge in [-0.25, -0.2) is 4.79 Å². The largest absolute Gasteiger partial charge is 0.379 e. The van der Waals surface area contributed by atoms with E-state index in [1.165, 1.54) is 5.56 Å². The van der Waals surface area contributed by atoms with Gasteiger partial charge in [-0.1, -0.05) is 37.3 Å². The SMILES string of the molecule is C[C@@H]1CN(C(=O)NCCN2CCOCC2)[C@H]1c1ccccc1. The van der Waals surface area contributed by atoms with Crippen LogP contribution < -0.4 is 5.32 Å². The fourth-order valence-corrected chi connectivity index (χ4v) is 3.31. The zero-order valence-electron chi connectivity index (χ0n) is 13.2. The zero-order chi connectivity index (χ0) is 15.4. The molecule has 0 saturated carbocycles. The number of amides is 2. The summed E-state index contributed by atoms with van der Waals surface area (Å²) in [4.78, 5) is 16.6. The third-order valence-corrected chi connectivity index (χ3v) is 4.57. The van der Waals surface area contributed by atoms with Crippen LogP contribution in [0.5, 0.6) is 0 Å². The number of likely N-dealkylation sites (tertiary alicyclic amines) is 1. The molecule has 0 spiro atoms. The number of nitrogens with one attached hydrogen (secondary N) is 1. The van der Waals surface area contributed by atoms with Crippen LogP contribution in [0, 0.1) is 5.92 Å². The number of carbonyl (C=O) groups is 1. The lowest BCUT2D eigenvalue weighted by atomic mass is 9.85. The molecule has 2 heterocycles. The standard InChI is InChI=1S/C17H25N3O2/c1-14-13-20(16(14)15-5-3-2-4-6-15)17(21)18-7-8-19-9-11-22-12-10-19/h2-6,14,16H,7-13H2,1H3,(H,18,21)/t14-,16-/m1/s1. The van der Waals surface area contributed by atoms with Gasteiger partial charge < -0.3 is 15.0 Å². The van der Waals surface area contributed by atoms with E-state index in [1.54, 1.807) is 0 Å². The summed E-state index contributed by atoms with van der Waals surface area (Å²) in [5.41, 5.74) is 1.23. The van der Waals surface area contributed by atoms with Crippen molar-refractivity contribution in [3.63, 3.8) is 0 Å². The van der Waals surface area contributed by atoms with Crippen molar-refractivity contribution in [1.82, 2.24) is 15.1 Å². The normalized spacial score (nSPS) is 25.6. The van der Waals surface area contributed by atoms with E-state index in [-0.39, 0.29) is 12.1 Å². The van der Waals surface area contributed by atoms with Gasteiger partial charge in [-0.05, 0) is 11.5 Å². The number of hydrogen-bond donors (Lipinski definition) is 1. The zero-order valence-corrected chi connectivity index (χ0v) is 13.2. The van der Waals surface area contributed by atoms with Crippen molar-refractivity contribution in [2.45, 2.75) is 13.0 Å². The molecular formula is C17H25N3O2. The van der Waals surface area contributed by atoms with Gasteiger partial charge >= 0.3 is 6.03 Å². The molecule has 2 aliphatic heterocycles. The summed E-state index contributed by atoms with van der Waals surface area (Å²) in [6, 6.07) is 10.6. The molecule has 2 fully saturated rings. The minimum Gasteiger partial charge on any atom is -0.379 e. The van der Waals surface area contributed by atoms with Gasteiger partial charge in [-0.2, -0.15) is 0 Å². The van der Waals surface area contributed by atoms with Crippen LogP contribution in [0.15, 0.2) is 30.3 Å². The molecule has 2 atom stereocenters. The predicted molar refractivity (Wildman–Crippen MR) is 85.7 cm³/mol. The molecule has 0 radical (unpaired) electrons. The molecule has 3 rings (SSSR count). The Morgan fingerprint density at radius 2 is 2.00 bits per heavy atom. The van der Waals surface area contributed by atoms with Crippen LogP contribution >= 0.6 is 0 Å². The summed E-state index contributed by atoms with van der Waals surface area (Å²) in [5, 5.41) is 3.06. The summed E-state index contributed by atoms with van der Waals surface area (Å²) in [6.45, 7) is 8.16. The lowest BCUT2D eigenvalue weighted by Gasteiger charge is -2.46. The number of benzene rings is 1. The van der Waals surface area contributed by atoms with Gasteiger partial charge in [0, 0.05) is 32.7 Å². The highest BCUT2D eigenvalue weighted by atomic mass is 16.5. The molecule has 1 aromatic rings. The topological polar surface area (TPSA) is 44.8 Å². The van der Waals surface area contributed by atoms with Gasteiger partial charge in [0.05, 0.1) is 19.3 Å².